The molecule has 1 aliphatic heterocycles. The molecule has 0 aliphatic carbocycles. The summed E-state index contributed by atoms with van der Waals surface area (Å²) in [5.41, 5.74) is 7.60. The molecule has 3 rings (SSSR count). The number of rotatable bonds is 4. The van der Waals surface area contributed by atoms with E-state index in [2.05, 4.69) is 33.9 Å². The van der Waals surface area contributed by atoms with Gasteiger partial charge in [0.15, 0.2) is 11.6 Å². The molecule has 24 heavy (non-hydrogen) atoms. The van der Waals surface area contributed by atoms with E-state index in [9.17, 15) is 5.11 Å². The SMILES string of the molecule is COc1c(N)ncnc1N1CCC(O)(Cc2ccccc2C)CC1. The maximum Gasteiger partial charge on any atom is 0.204 e. The minimum Gasteiger partial charge on any atom is -0.490 e. The van der Waals surface area contributed by atoms with Gasteiger partial charge in [-0.15, -0.1) is 0 Å². The molecule has 1 aromatic heterocycles. The Morgan fingerprint density at radius 2 is 1.96 bits per heavy atom. The fourth-order valence-electron chi connectivity index (χ4n) is 3.27. The van der Waals surface area contributed by atoms with Gasteiger partial charge in [-0.3, -0.25) is 0 Å². The van der Waals surface area contributed by atoms with Crippen LogP contribution in [0, 0.1) is 6.92 Å². The second kappa shape index (κ2) is 6.65. The maximum atomic E-state index is 11.0. The number of aryl methyl sites for hydroxylation is 1. The Morgan fingerprint density at radius 1 is 1.25 bits per heavy atom. The third-order valence-electron chi connectivity index (χ3n) is 4.79. The average molecular weight is 328 g/mol. The topological polar surface area (TPSA) is 84.5 Å². The zero-order valence-electron chi connectivity index (χ0n) is 14.2. The number of hydrogen-bond donors (Lipinski definition) is 2. The van der Waals surface area contributed by atoms with Crippen molar-refractivity contribution < 1.29 is 9.84 Å². The van der Waals surface area contributed by atoms with Gasteiger partial charge in [-0.05, 0) is 30.9 Å². The van der Waals surface area contributed by atoms with Gasteiger partial charge < -0.3 is 20.5 Å². The van der Waals surface area contributed by atoms with E-state index in [4.69, 9.17) is 10.5 Å². The van der Waals surface area contributed by atoms with Crippen LogP contribution in [0.3, 0.4) is 0 Å². The Morgan fingerprint density at radius 3 is 2.62 bits per heavy atom. The molecule has 6 nitrogen and oxygen atoms in total. The second-order valence-electron chi connectivity index (χ2n) is 6.43. The van der Waals surface area contributed by atoms with Gasteiger partial charge in [-0.1, -0.05) is 24.3 Å². The molecule has 0 spiro atoms. The van der Waals surface area contributed by atoms with Crippen molar-refractivity contribution in [2.24, 2.45) is 0 Å². The Kier molecular flexibility index (Phi) is 4.57. The molecule has 0 unspecified atom stereocenters. The molecule has 128 valence electrons. The third kappa shape index (κ3) is 3.28. The van der Waals surface area contributed by atoms with Gasteiger partial charge in [0.1, 0.15) is 6.33 Å². The minimum absolute atomic E-state index is 0.336. The Balaban J connectivity index is 1.72. The number of nitrogens with zero attached hydrogens (tertiary/aromatic N) is 3. The summed E-state index contributed by atoms with van der Waals surface area (Å²) in [5.74, 6) is 1.54. The van der Waals surface area contributed by atoms with Crippen LogP contribution in [0.4, 0.5) is 11.6 Å². The van der Waals surface area contributed by atoms with Crippen molar-refractivity contribution in [1.82, 2.24) is 9.97 Å². The Bertz CT molecular complexity index is 712. The first-order valence-electron chi connectivity index (χ1n) is 8.19. The first-order valence-corrected chi connectivity index (χ1v) is 8.19. The molecule has 1 aromatic carbocycles. The zero-order valence-corrected chi connectivity index (χ0v) is 14.2. The second-order valence-corrected chi connectivity index (χ2v) is 6.43. The van der Waals surface area contributed by atoms with Gasteiger partial charge in [-0.25, -0.2) is 9.97 Å². The number of aromatic nitrogens is 2. The smallest absolute Gasteiger partial charge is 0.204 e. The monoisotopic (exact) mass is 328 g/mol. The molecular weight excluding hydrogens is 304 g/mol. The fourth-order valence-corrected chi connectivity index (χ4v) is 3.27. The highest BCUT2D eigenvalue weighted by molar-refractivity contribution is 5.62. The van der Waals surface area contributed by atoms with Crippen molar-refractivity contribution in [2.75, 3.05) is 30.8 Å². The first kappa shape index (κ1) is 16.5. The normalized spacial score (nSPS) is 16.9. The molecule has 3 N–H and O–H groups in total. The van der Waals surface area contributed by atoms with E-state index in [1.54, 1.807) is 7.11 Å². The number of aliphatic hydroxyl groups is 1. The molecule has 2 heterocycles. The van der Waals surface area contributed by atoms with E-state index >= 15 is 0 Å². The fraction of sp³-hybridized carbons (Fsp3) is 0.444. The summed E-state index contributed by atoms with van der Waals surface area (Å²) in [4.78, 5) is 10.4. The lowest BCUT2D eigenvalue weighted by Crippen LogP contribution is -2.46. The van der Waals surface area contributed by atoms with Crippen molar-refractivity contribution in [3.8, 4) is 5.75 Å². The average Bonchev–Trinajstić information content (AvgIpc) is 2.57. The molecule has 6 heteroatoms. The summed E-state index contributed by atoms with van der Waals surface area (Å²) >= 11 is 0. The van der Waals surface area contributed by atoms with Crippen LogP contribution in [0.5, 0.6) is 5.75 Å². The van der Waals surface area contributed by atoms with Crippen molar-refractivity contribution in [2.45, 2.75) is 31.8 Å². The van der Waals surface area contributed by atoms with Crippen LogP contribution in [0.1, 0.15) is 24.0 Å². The van der Waals surface area contributed by atoms with E-state index in [0.717, 1.165) is 0 Å². The molecule has 1 fully saturated rings. The zero-order chi connectivity index (χ0) is 17.2. The minimum atomic E-state index is -0.686. The molecule has 0 amide bonds. The standard InChI is InChI=1S/C18H24N4O2/c1-13-5-3-4-6-14(13)11-18(23)7-9-22(10-8-18)17-15(24-2)16(19)20-12-21-17/h3-6,12,23H,7-11H2,1-2H3,(H2,19,20,21). The number of hydrogen-bond acceptors (Lipinski definition) is 6. The van der Waals surface area contributed by atoms with Gasteiger partial charge in [0.05, 0.1) is 12.7 Å². The molecule has 0 radical (unpaired) electrons. The summed E-state index contributed by atoms with van der Waals surface area (Å²) in [6, 6.07) is 8.23. The van der Waals surface area contributed by atoms with E-state index in [1.807, 2.05) is 12.1 Å². The van der Waals surface area contributed by atoms with Gasteiger partial charge in [0.25, 0.3) is 0 Å². The number of anilines is 2. The van der Waals surface area contributed by atoms with Crippen molar-refractivity contribution in [1.29, 1.82) is 0 Å². The highest BCUT2D eigenvalue weighted by Crippen LogP contribution is 2.34. The van der Waals surface area contributed by atoms with Crippen LogP contribution in [0.2, 0.25) is 0 Å². The van der Waals surface area contributed by atoms with Crippen LogP contribution in [0.25, 0.3) is 0 Å². The number of nitrogen functional groups attached to an aromatic ring is 1. The van der Waals surface area contributed by atoms with Crippen LogP contribution < -0.4 is 15.4 Å². The third-order valence-corrected chi connectivity index (χ3v) is 4.79. The Labute approximate surface area is 142 Å². The van der Waals surface area contributed by atoms with Gasteiger partial charge in [0.2, 0.25) is 5.75 Å². The number of ether oxygens (including phenoxy) is 1. The largest absolute Gasteiger partial charge is 0.490 e. The molecule has 0 bridgehead atoms. The highest BCUT2D eigenvalue weighted by Gasteiger charge is 2.34. The van der Waals surface area contributed by atoms with Gasteiger partial charge >= 0.3 is 0 Å². The van der Waals surface area contributed by atoms with Crippen LogP contribution >= 0.6 is 0 Å². The predicted molar refractivity (Wildman–Crippen MR) is 94.3 cm³/mol. The van der Waals surface area contributed by atoms with Crippen LogP contribution in [0.15, 0.2) is 30.6 Å². The molecule has 1 saturated heterocycles. The van der Waals surface area contributed by atoms with Gasteiger partial charge in [0, 0.05) is 19.5 Å². The van der Waals surface area contributed by atoms with Crippen molar-refractivity contribution >= 4 is 11.6 Å². The quantitative estimate of drug-likeness (QED) is 0.892. The van der Waals surface area contributed by atoms with E-state index < -0.39 is 5.60 Å². The number of methoxy groups -OCH3 is 1. The van der Waals surface area contributed by atoms with E-state index in [1.165, 1.54) is 17.5 Å². The maximum absolute atomic E-state index is 11.0. The van der Waals surface area contributed by atoms with Crippen LogP contribution in [-0.4, -0.2) is 40.9 Å². The van der Waals surface area contributed by atoms with Crippen LogP contribution in [-0.2, 0) is 6.42 Å². The molecule has 2 aromatic rings. The van der Waals surface area contributed by atoms with E-state index in [-0.39, 0.29) is 0 Å². The lowest BCUT2D eigenvalue weighted by Gasteiger charge is -2.39. The molecule has 1 aliphatic rings. The van der Waals surface area contributed by atoms with E-state index in [0.29, 0.717) is 49.7 Å². The predicted octanol–water partition coefficient (Wildman–Crippen LogP) is 1.95. The summed E-state index contributed by atoms with van der Waals surface area (Å²) in [5, 5.41) is 11.0. The first-order chi connectivity index (χ1) is 11.5. The molecular formula is C18H24N4O2. The van der Waals surface area contributed by atoms with Crippen molar-refractivity contribution in [3.05, 3.63) is 41.7 Å². The summed E-state index contributed by atoms with van der Waals surface area (Å²) in [6.07, 6.45) is 3.47. The summed E-state index contributed by atoms with van der Waals surface area (Å²) in [6.45, 7) is 3.49. The summed E-state index contributed by atoms with van der Waals surface area (Å²) in [7, 11) is 1.57. The van der Waals surface area contributed by atoms with Gasteiger partial charge in [-0.2, -0.15) is 0 Å². The Hall–Kier alpha value is -2.34. The number of benzene rings is 1. The lowest BCUT2D eigenvalue weighted by molar-refractivity contribution is 0.0162. The number of piperidine rings is 1. The molecule has 0 atom stereocenters. The highest BCUT2D eigenvalue weighted by atomic mass is 16.5. The van der Waals surface area contributed by atoms with Crippen molar-refractivity contribution in [3.63, 3.8) is 0 Å². The summed E-state index contributed by atoms with van der Waals surface area (Å²) < 4.78 is 5.34. The number of nitrogens with two attached hydrogens (primary N) is 1. The molecule has 0 saturated carbocycles. The lowest BCUT2D eigenvalue weighted by atomic mass is 9.84.